The standard InChI is InChI=1S/C26H36ClF4N3O/c1-4-6-8-17(3)14-20-15-18-10-11-21(26(30,31)23(18)24(28)32-20)22-12-13-34(25(29)33-22)35-16-19(27)9-7-5-2/h12-13,15,17,19,21,25H,4-11,14,16H2,1-3H3. The summed E-state index contributed by atoms with van der Waals surface area (Å²) in [5.74, 6) is -5.84. The van der Waals surface area contributed by atoms with Crippen LogP contribution in [0.15, 0.2) is 23.3 Å². The van der Waals surface area contributed by atoms with Gasteiger partial charge in [0.25, 0.3) is 12.3 Å². The second kappa shape index (κ2) is 12.5. The van der Waals surface area contributed by atoms with Crippen LogP contribution in [-0.4, -0.2) is 34.2 Å². The largest absolute Gasteiger partial charge is 0.288 e. The van der Waals surface area contributed by atoms with Gasteiger partial charge in [0.15, 0.2) is 0 Å². The van der Waals surface area contributed by atoms with E-state index in [1.807, 2.05) is 6.92 Å². The number of aryl methyl sites for hydroxylation is 1. The first-order valence-electron chi connectivity index (χ1n) is 12.7. The van der Waals surface area contributed by atoms with Gasteiger partial charge in [-0.15, -0.1) is 11.6 Å². The minimum absolute atomic E-state index is 0.0335. The topological polar surface area (TPSA) is 37.7 Å². The molecule has 0 amide bonds. The first kappa shape index (κ1) is 27.9. The highest BCUT2D eigenvalue weighted by Crippen LogP contribution is 2.46. The highest BCUT2D eigenvalue weighted by Gasteiger charge is 2.50. The van der Waals surface area contributed by atoms with Crippen LogP contribution in [0, 0.1) is 17.8 Å². The molecule has 3 rings (SSSR count). The molecular weight excluding hydrogens is 482 g/mol. The second-order valence-electron chi connectivity index (χ2n) is 9.68. The zero-order valence-corrected chi connectivity index (χ0v) is 21.5. The van der Waals surface area contributed by atoms with Crippen molar-refractivity contribution in [1.82, 2.24) is 10.0 Å². The second-order valence-corrected chi connectivity index (χ2v) is 10.3. The van der Waals surface area contributed by atoms with Crippen molar-refractivity contribution in [3.05, 3.63) is 41.1 Å². The van der Waals surface area contributed by atoms with Crippen molar-refractivity contribution in [3.8, 4) is 0 Å². The van der Waals surface area contributed by atoms with Crippen molar-refractivity contribution in [2.75, 3.05) is 6.61 Å². The Kier molecular flexibility index (Phi) is 9.99. The third-order valence-electron chi connectivity index (χ3n) is 6.68. The van der Waals surface area contributed by atoms with Gasteiger partial charge < -0.3 is 0 Å². The van der Waals surface area contributed by atoms with Gasteiger partial charge in [-0.25, -0.2) is 23.8 Å². The van der Waals surface area contributed by atoms with E-state index in [-0.39, 0.29) is 36.1 Å². The molecule has 4 unspecified atom stereocenters. The van der Waals surface area contributed by atoms with Crippen molar-refractivity contribution < 1.29 is 22.4 Å². The van der Waals surface area contributed by atoms with Gasteiger partial charge in [-0.2, -0.15) is 8.78 Å². The lowest BCUT2D eigenvalue weighted by atomic mass is 9.78. The number of rotatable bonds is 12. The summed E-state index contributed by atoms with van der Waals surface area (Å²) in [5, 5.41) is 0.587. The molecule has 1 aliphatic heterocycles. The minimum Gasteiger partial charge on any atom is -0.268 e. The molecule has 0 saturated carbocycles. The summed E-state index contributed by atoms with van der Waals surface area (Å²) >= 11 is 6.16. The van der Waals surface area contributed by atoms with Crippen LogP contribution in [0.5, 0.6) is 0 Å². The molecule has 35 heavy (non-hydrogen) atoms. The van der Waals surface area contributed by atoms with Gasteiger partial charge in [0.1, 0.15) is 0 Å². The van der Waals surface area contributed by atoms with E-state index >= 15 is 8.78 Å². The van der Waals surface area contributed by atoms with Crippen LogP contribution in [0.2, 0.25) is 0 Å². The third kappa shape index (κ3) is 6.97. The Morgan fingerprint density at radius 3 is 2.63 bits per heavy atom. The maximum absolute atomic E-state index is 15.5. The van der Waals surface area contributed by atoms with Gasteiger partial charge in [0, 0.05) is 11.9 Å². The Bertz CT molecular complexity index is 911. The van der Waals surface area contributed by atoms with E-state index in [2.05, 4.69) is 23.8 Å². The molecule has 0 fully saturated rings. The van der Waals surface area contributed by atoms with Crippen molar-refractivity contribution >= 4 is 17.3 Å². The van der Waals surface area contributed by atoms with Crippen molar-refractivity contribution in [3.63, 3.8) is 0 Å². The van der Waals surface area contributed by atoms with Gasteiger partial charge in [0.05, 0.1) is 29.2 Å². The van der Waals surface area contributed by atoms with Gasteiger partial charge in [0.2, 0.25) is 5.95 Å². The number of allylic oxidation sites excluding steroid dienone is 1. The van der Waals surface area contributed by atoms with Crippen LogP contribution in [0.3, 0.4) is 0 Å². The predicted octanol–water partition coefficient (Wildman–Crippen LogP) is 7.50. The fourth-order valence-corrected chi connectivity index (χ4v) is 4.91. The molecule has 196 valence electrons. The normalized spacial score (nSPS) is 23.1. The third-order valence-corrected chi connectivity index (χ3v) is 7.03. The molecule has 0 saturated heterocycles. The lowest BCUT2D eigenvalue weighted by Crippen LogP contribution is -2.41. The highest BCUT2D eigenvalue weighted by molar-refractivity contribution is 6.20. The van der Waals surface area contributed by atoms with E-state index in [4.69, 9.17) is 16.4 Å². The first-order valence-corrected chi connectivity index (χ1v) is 13.1. The summed E-state index contributed by atoms with van der Waals surface area (Å²) in [6, 6.07) is 1.61. The van der Waals surface area contributed by atoms with Gasteiger partial charge in [-0.1, -0.05) is 52.9 Å². The molecule has 0 aromatic carbocycles. The monoisotopic (exact) mass is 517 g/mol. The first-order chi connectivity index (χ1) is 16.7. The molecule has 1 aliphatic carbocycles. The van der Waals surface area contributed by atoms with E-state index in [1.165, 1.54) is 12.3 Å². The fourth-order valence-electron chi connectivity index (χ4n) is 4.70. The van der Waals surface area contributed by atoms with Crippen LogP contribution in [0.4, 0.5) is 17.6 Å². The number of alkyl halides is 4. The highest BCUT2D eigenvalue weighted by atomic mass is 35.5. The summed E-state index contributed by atoms with van der Waals surface area (Å²) in [7, 11) is 0. The summed E-state index contributed by atoms with van der Waals surface area (Å²) in [4.78, 5) is 13.0. The molecule has 9 heteroatoms. The number of hydroxylamine groups is 2. The quantitative estimate of drug-likeness (QED) is 0.125. The number of pyridine rings is 1. The Hall–Kier alpha value is -1.67. The van der Waals surface area contributed by atoms with E-state index in [1.54, 1.807) is 6.07 Å². The summed E-state index contributed by atoms with van der Waals surface area (Å²) in [5.41, 5.74) is -0.0242. The van der Waals surface area contributed by atoms with E-state index in [9.17, 15) is 8.78 Å². The van der Waals surface area contributed by atoms with Crippen molar-refractivity contribution in [1.29, 1.82) is 0 Å². The average Bonchev–Trinajstić information content (AvgIpc) is 2.80. The number of hydrogen-bond acceptors (Lipinski definition) is 4. The van der Waals surface area contributed by atoms with Crippen LogP contribution < -0.4 is 0 Å². The van der Waals surface area contributed by atoms with Crippen molar-refractivity contribution in [2.45, 2.75) is 96.3 Å². The molecule has 4 atom stereocenters. The molecule has 0 radical (unpaired) electrons. The molecule has 0 spiro atoms. The van der Waals surface area contributed by atoms with Crippen molar-refractivity contribution in [2.24, 2.45) is 16.8 Å². The average molecular weight is 518 g/mol. The minimum atomic E-state index is -3.55. The lowest BCUT2D eigenvalue weighted by molar-refractivity contribution is -0.180. The molecule has 1 aromatic heterocycles. The number of halogens is 5. The van der Waals surface area contributed by atoms with Gasteiger partial charge in [-0.05, 0) is 49.3 Å². The molecule has 2 aliphatic rings. The molecule has 0 N–H and O–H groups in total. The lowest BCUT2D eigenvalue weighted by Gasteiger charge is -2.35. The van der Waals surface area contributed by atoms with Crippen LogP contribution >= 0.6 is 11.6 Å². The van der Waals surface area contributed by atoms with Crippen LogP contribution in [-0.2, 0) is 23.6 Å². The van der Waals surface area contributed by atoms with Gasteiger partial charge >= 0.3 is 0 Å². The smallest absolute Gasteiger partial charge is 0.268 e. The number of aliphatic imine (C=N–C) groups is 1. The SMILES string of the molecule is CCCCC(C)Cc1cc2c(c(F)n1)C(F)(F)C(C1=NC(F)N(OCC(Cl)CCCC)C=C1)CC2. The summed E-state index contributed by atoms with van der Waals surface area (Å²) < 4.78 is 60.5. The number of unbranched alkanes of at least 4 members (excludes halogenated alkanes) is 2. The van der Waals surface area contributed by atoms with Crippen LogP contribution in [0.1, 0.15) is 82.5 Å². The molecule has 0 bridgehead atoms. The van der Waals surface area contributed by atoms with Gasteiger partial charge in [-0.3, -0.25) is 4.84 Å². The molecule has 4 nitrogen and oxygen atoms in total. The Balaban J connectivity index is 1.70. The van der Waals surface area contributed by atoms with Crippen LogP contribution in [0.25, 0.3) is 0 Å². The van der Waals surface area contributed by atoms with E-state index in [0.29, 0.717) is 18.0 Å². The number of aromatic nitrogens is 1. The summed E-state index contributed by atoms with van der Waals surface area (Å²) in [6.07, 6.45) is 7.18. The molecule has 2 heterocycles. The number of nitrogens with zero attached hydrogens (tertiary/aromatic N) is 3. The predicted molar refractivity (Wildman–Crippen MR) is 131 cm³/mol. The maximum Gasteiger partial charge on any atom is 0.288 e. The zero-order valence-electron chi connectivity index (χ0n) is 20.8. The Morgan fingerprint density at radius 1 is 1.23 bits per heavy atom. The zero-order chi connectivity index (χ0) is 25.6. The van der Waals surface area contributed by atoms with E-state index < -0.39 is 29.8 Å². The molecular formula is C26H36ClF4N3O. The fraction of sp³-hybridized carbons (Fsp3) is 0.692. The summed E-state index contributed by atoms with van der Waals surface area (Å²) in [6.45, 7) is 6.29. The Labute approximate surface area is 210 Å². The maximum atomic E-state index is 15.5. The Morgan fingerprint density at radius 2 is 1.94 bits per heavy atom. The molecule has 1 aromatic rings. The van der Waals surface area contributed by atoms with E-state index in [0.717, 1.165) is 43.6 Å². The number of fused-ring (bicyclic) bond motifs is 1. The number of hydrogen-bond donors (Lipinski definition) is 0.